The topological polar surface area (TPSA) is 224 Å². The van der Waals surface area contributed by atoms with E-state index in [1.54, 1.807) is 6.07 Å². The second-order valence-corrected chi connectivity index (χ2v) is 9.25. The van der Waals surface area contributed by atoms with E-state index in [0.717, 1.165) is 11.3 Å². The first-order chi connectivity index (χ1) is 16.0. The van der Waals surface area contributed by atoms with E-state index in [4.69, 9.17) is 31.0 Å². The van der Waals surface area contributed by atoms with Gasteiger partial charge in [-0.1, -0.05) is 5.16 Å². The number of amides is 1. The number of nitrogens with zero attached hydrogens (tertiary/aromatic N) is 4. The van der Waals surface area contributed by atoms with E-state index in [-0.39, 0.29) is 42.0 Å². The minimum absolute atomic E-state index is 0.0484. The van der Waals surface area contributed by atoms with E-state index in [0.29, 0.717) is 15.7 Å². The van der Waals surface area contributed by atoms with Gasteiger partial charge in [0, 0.05) is 11.8 Å². The molecule has 2 aromatic rings. The van der Waals surface area contributed by atoms with Crippen molar-refractivity contribution in [2.24, 2.45) is 16.8 Å². The van der Waals surface area contributed by atoms with Crippen molar-refractivity contribution in [2.75, 3.05) is 18.9 Å². The summed E-state index contributed by atoms with van der Waals surface area (Å²) in [4.78, 5) is 38.1. The summed E-state index contributed by atoms with van der Waals surface area (Å²) in [5.41, 5.74) is 11.2. The number of β-lactam (4-membered cyclic amide) rings is 1. The molecular weight excluding hydrogens is 490 g/mol. The Morgan fingerprint density at radius 3 is 2.62 bits per heavy atom. The minimum Gasteiger partial charge on any atom is -0.488 e. The van der Waals surface area contributed by atoms with Crippen LogP contribution in [0.1, 0.15) is 24.7 Å². The first-order valence-electron chi connectivity index (χ1n) is 9.67. The predicted octanol–water partition coefficient (Wildman–Crippen LogP) is -0.187. The number of pyridine rings is 1. The van der Waals surface area contributed by atoms with Crippen LogP contribution in [0.5, 0.6) is 5.75 Å². The zero-order chi connectivity index (χ0) is 25.0. The first kappa shape index (κ1) is 25.0. The normalized spacial score (nSPS) is 18.4. The number of Topliss-reactive ketones (excluding diaryl/α,β-unsaturated/α-hetero) is 1. The van der Waals surface area contributed by atoms with Gasteiger partial charge < -0.3 is 21.0 Å². The van der Waals surface area contributed by atoms with Crippen molar-refractivity contribution in [3.05, 3.63) is 35.1 Å². The maximum Gasteiger partial charge on any atom is 0.362 e. The third-order valence-corrected chi connectivity index (χ3v) is 6.46. The third-order valence-electron chi connectivity index (χ3n) is 4.78. The molecule has 34 heavy (non-hydrogen) atoms. The molecule has 0 aromatic carbocycles. The lowest BCUT2D eigenvalue weighted by Gasteiger charge is -2.41. The van der Waals surface area contributed by atoms with Gasteiger partial charge in [0.1, 0.15) is 29.6 Å². The van der Waals surface area contributed by atoms with Gasteiger partial charge in [0.05, 0.1) is 18.2 Å². The van der Waals surface area contributed by atoms with E-state index in [2.05, 4.69) is 15.1 Å². The summed E-state index contributed by atoms with van der Waals surface area (Å²) < 4.78 is 37.4. The Bertz CT molecular complexity index is 1230. The highest BCUT2D eigenvalue weighted by Crippen LogP contribution is 2.32. The molecule has 0 aliphatic carbocycles. The molecule has 0 bridgehead atoms. The highest BCUT2D eigenvalue weighted by Gasteiger charge is 2.51. The van der Waals surface area contributed by atoms with Gasteiger partial charge >= 0.3 is 10.3 Å². The fraction of sp³-hybridized carbons (Fsp3) is 0.333. The molecule has 16 heteroatoms. The standard InChI is InChI=1S/C18H21N7O7S2/c1-9-11(17(27)25(9)34(28,29)30)6-14(26)15(13-8-33-18(21)23-13)24-32-5-4-31-10-2-3-12(16(19)20)22-7-10/h2-3,7-9,11H,4-6H2,1H3,(H3,19,20)(H2,21,23)(H,28,29,30)/b24-15-/t9-,11-/m0/s1. The van der Waals surface area contributed by atoms with Gasteiger partial charge in [-0.05, 0) is 19.1 Å². The Labute approximate surface area is 198 Å². The Morgan fingerprint density at radius 2 is 2.09 bits per heavy atom. The van der Waals surface area contributed by atoms with Crippen LogP contribution >= 0.6 is 11.3 Å². The van der Waals surface area contributed by atoms with Gasteiger partial charge in [-0.15, -0.1) is 11.3 Å². The van der Waals surface area contributed by atoms with Crippen LogP contribution < -0.4 is 16.2 Å². The molecule has 0 unspecified atom stereocenters. The number of carbonyl (C=O) groups excluding carboxylic acids is 2. The van der Waals surface area contributed by atoms with Gasteiger partial charge in [0.2, 0.25) is 5.91 Å². The number of hydrogen-bond donors (Lipinski definition) is 4. The van der Waals surface area contributed by atoms with E-state index >= 15 is 0 Å². The van der Waals surface area contributed by atoms with Crippen molar-refractivity contribution in [3.63, 3.8) is 0 Å². The summed E-state index contributed by atoms with van der Waals surface area (Å²) in [6, 6.07) is 2.20. The fourth-order valence-corrected chi connectivity index (χ4v) is 4.58. The van der Waals surface area contributed by atoms with Gasteiger partial charge in [-0.2, -0.15) is 8.42 Å². The molecule has 2 aromatic heterocycles. The van der Waals surface area contributed by atoms with Gasteiger partial charge in [0.15, 0.2) is 23.2 Å². The summed E-state index contributed by atoms with van der Waals surface area (Å²) in [7, 11) is -4.70. The van der Waals surface area contributed by atoms with Crippen LogP contribution in [0.2, 0.25) is 0 Å². The minimum atomic E-state index is -4.70. The lowest BCUT2D eigenvalue weighted by Crippen LogP contribution is -2.62. The number of anilines is 1. The van der Waals surface area contributed by atoms with E-state index in [9.17, 15) is 18.0 Å². The number of oxime groups is 1. The molecule has 3 rings (SSSR count). The quantitative estimate of drug-likeness (QED) is 0.0772. The lowest BCUT2D eigenvalue weighted by molar-refractivity contribution is -0.147. The Balaban J connectivity index is 1.61. The van der Waals surface area contributed by atoms with Crippen molar-refractivity contribution < 1.29 is 32.1 Å². The second kappa shape index (κ2) is 10.1. The van der Waals surface area contributed by atoms with Gasteiger partial charge in [-0.25, -0.2) is 14.3 Å². The Morgan fingerprint density at radius 1 is 1.35 bits per heavy atom. The average Bonchev–Trinajstić information content (AvgIpc) is 3.19. The number of thiazole rings is 1. The summed E-state index contributed by atoms with van der Waals surface area (Å²) in [6.45, 7) is 1.39. The zero-order valence-corrected chi connectivity index (χ0v) is 19.4. The van der Waals surface area contributed by atoms with E-state index in [1.807, 2.05) is 0 Å². The van der Waals surface area contributed by atoms with Gasteiger partial charge in [0.25, 0.3) is 0 Å². The molecule has 14 nitrogen and oxygen atoms in total. The molecule has 1 amide bonds. The molecule has 1 saturated heterocycles. The Kier molecular flexibility index (Phi) is 7.43. The molecular formula is C18H21N7O7S2. The highest BCUT2D eigenvalue weighted by atomic mass is 32.2. The van der Waals surface area contributed by atoms with E-state index < -0.39 is 34.0 Å². The summed E-state index contributed by atoms with van der Waals surface area (Å²) >= 11 is 1.07. The highest BCUT2D eigenvalue weighted by molar-refractivity contribution is 7.84. The number of ether oxygens (including phenoxy) is 1. The molecule has 3 heterocycles. The molecule has 0 saturated carbocycles. The monoisotopic (exact) mass is 511 g/mol. The van der Waals surface area contributed by atoms with Crippen LogP contribution in [-0.4, -0.2) is 69.7 Å². The van der Waals surface area contributed by atoms with Crippen molar-refractivity contribution in [2.45, 2.75) is 19.4 Å². The number of amidine groups is 1. The number of hydrogen-bond acceptors (Lipinski definition) is 12. The largest absolute Gasteiger partial charge is 0.488 e. The maximum atomic E-state index is 12.8. The van der Waals surface area contributed by atoms with Crippen molar-refractivity contribution in [3.8, 4) is 5.75 Å². The first-order valence-corrected chi connectivity index (χ1v) is 11.9. The number of rotatable bonds is 11. The van der Waals surface area contributed by atoms with Gasteiger partial charge in [-0.3, -0.25) is 19.6 Å². The number of ketones is 1. The molecule has 0 radical (unpaired) electrons. The molecule has 6 N–H and O–H groups in total. The fourth-order valence-electron chi connectivity index (χ4n) is 3.10. The van der Waals surface area contributed by atoms with Crippen LogP contribution in [0, 0.1) is 11.3 Å². The average molecular weight is 512 g/mol. The van der Waals surface area contributed by atoms with Crippen molar-refractivity contribution >= 4 is 50.0 Å². The number of carbonyl (C=O) groups is 2. The van der Waals surface area contributed by atoms with Crippen LogP contribution in [-0.2, 0) is 24.7 Å². The number of nitrogen functional groups attached to an aromatic ring is 2. The number of aromatic nitrogens is 2. The number of nitrogens with two attached hydrogens (primary N) is 2. The van der Waals surface area contributed by atoms with E-state index in [1.165, 1.54) is 24.6 Å². The zero-order valence-electron chi connectivity index (χ0n) is 17.7. The molecule has 182 valence electrons. The summed E-state index contributed by atoms with van der Waals surface area (Å²) in [5.74, 6) is -2.23. The van der Waals surface area contributed by atoms with Crippen LogP contribution in [0.15, 0.2) is 28.9 Å². The summed E-state index contributed by atoms with van der Waals surface area (Å²) in [6.07, 6.45) is 1.02. The van der Waals surface area contributed by atoms with Crippen molar-refractivity contribution in [1.29, 1.82) is 5.41 Å². The summed E-state index contributed by atoms with van der Waals surface area (Å²) in [5, 5.41) is 12.8. The molecule has 0 spiro atoms. The van der Waals surface area contributed by atoms with Crippen molar-refractivity contribution in [1.82, 2.24) is 14.3 Å². The smallest absolute Gasteiger partial charge is 0.362 e. The number of nitrogens with one attached hydrogen (secondary N) is 1. The third kappa shape index (κ3) is 5.64. The van der Waals surface area contributed by atoms with Crippen LogP contribution in [0.3, 0.4) is 0 Å². The molecule has 1 fully saturated rings. The molecule has 1 aliphatic heterocycles. The van der Waals surface area contributed by atoms with Crippen LogP contribution in [0.25, 0.3) is 0 Å². The lowest BCUT2D eigenvalue weighted by atomic mass is 9.86. The maximum absolute atomic E-state index is 12.8. The second-order valence-electron chi connectivity index (χ2n) is 7.07. The van der Waals surface area contributed by atoms with Crippen LogP contribution in [0.4, 0.5) is 5.13 Å². The SMILES string of the molecule is C[C@H]1[C@H](CC(=O)/C(=N\OCCOc2ccc(C(=N)N)nc2)c2csc(N)n2)C(=O)N1S(=O)(=O)O. The predicted molar refractivity (Wildman–Crippen MR) is 121 cm³/mol. The Hall–Kier alpha value is -3.63. The molecule has 2 atom stereocenters. The molecule has 1 aliphatic rings.